The molecule has 0 fully saturated rings. The van der Waals surface area contributed by atoms with Crippen molar-refractivity contribution in [2.24, 2.45) is 0 Å². The molecule has 0 aliphatic rings. The van der Waals surface area contributed by atoms with Gasteiger partial charge in [0.05, 0.1) is 12.8 Å². The first-order chi connectivity index (χ1) is 16.8. The normalized spacial score (nSPS) is 12.4. The lowest BCUT2D eigenvalue weighted by Gasteiger charge is -2.33. The summed E-state index contributed by atoms with van der Waals surface area (Å²) in [6.45, 7) is 8.61. The molecule has 0 aromatic heterocycles. The summed E-state index contributed by atoms with van der Waals surface area (Å²) in [6, 6.07) is 11.7. The molecule has 0 radical (unpaired) electrons. The highest BCUT2D eigenvalue weighted by Gasteiger charge is 2.33. The summed E-state index contributed by atoms with van der Waals surface area (Å²) >= 11 is 0. The van der Waals surface area contributed by atoms with Gasteiger partial charge < -0.3 is 15.0 Å². The first-order valence-corrected chi connectivity index (χ1v) is 13.2. The average molecular weight is 519 g/mol. The number of hydrogen-bond donors (Lipinski definition) is 1. The lowest BCUT2D eigenvalue weighted by Crippen LogP contribution is -2.53. The zero-order chi connectivity index (χ0) is 27.2. The number of methoxy groups -OCH3 is 1. The summed E-state index contributed by atoms with van der Waals surface area (Å²) in [4.78, 5) is 28.1. The van der Waals surface area contributed by atoms with Crippen LogP contribution in [0.15, 0.2) is 42.5 Å². The van der Waals surface area contributed by atoms with E-state index >= 15 is 0 Å². The number of carbonyl (C=O) groups is 2. The van der Waals surface area contributed by atoms with Crippen LogP contribution in [0.5, 0.6) is 5.75 Å². The molecule has 0 saturated heterocycles. The van der Waals surface area contributed by atoms with Gasteiger partial charge in [0.2, 0.25) is 11.8 Å². The molecule has 198 valence electrons. The smallest absolute Gasteiger partial charge is 0.304 e. The highest BCUT2D eigenvalue weighted by atomic mass is 32.2. The van der Waals surface area contributed by atoms with Crippen LogP contribution in [0.25, 0.3) is 0 Å². The molecule has 2 aromatic rings. The van der Waals surface area contributed by atoms with Gasteiger partial charge in [0.25, 0.3) is 0 Å². The number of benzene rings is 2. The summed E-state index contributed by atoms with van der Waals surface area (Å²) in [6.07, 6.45) is 0. The average Bonchev–Trinajstić information content (AvgIpc) is 2.81. The van der Waals surface area contributed by atoms with Crippen molar-refractivity contribution in [3.63, 3.8) is 0 Å². The summed E-state index contributed by atoms with van der Waals surface area (Å²) < 4.78 is 34.1. The molecule has 1 N–H and O–H groups in total. The van der Waals surface area contributed by atoms with Gasteiger partial charge in [0, 0.05) is 26.7 Å². The van der Waals surface area contributed by atoms with Crippen molar-refractivity contribution in [1.82, 2.24) is 14.5 Å². The van der Waals surface area contributed by atoms with Gasteiger partial charge in [0.15, 0.2) is 0 Å². The third kappa shape index (κ3) is 7.20. The van der Waals surface area contributed by atoms with E-state index in [9.17, 15) is 18.0 Å². The van der Waals surface area contributed by atoms with E-state index < -0.39 is 28.7 Å². The predicted octanol–water partition coefficient (Wildman–Crippen LogP) is 2.87. The number of aryl methyl sites for hydroxylation is 2. The number of anilines is 1. The second-order valence-corrected chi connectivity index (χ2v) is 11.4. The van der Waals surface area contributed by atoms with Gasteiger partial charge in [-0.1, -0.05) is 24.3 Å². The molecule has 0 aliphatic heterocycles. The van der Waals surface area contributed by atoms with Gasteiger partial charge in [-0.05, 0) is 69.5 Å². The standard InChI is InChI=1S/C26H38N4O5S/c1-18(2)27-26(32)21(5)29(16-22-10-9-11-23(15-22)35-8)25(31)17-30(36(33,34)28(6)7)24-14-19(3)12-13-20(24)4/h9-15,18,21H,16-17H2,1-8H3,(H,27,32). The van der Waals surface area contributed by atoms with Crippen LogP contribution in [-0.2, 0) is 26.3 Å². The maximum Gasteiger partial charge on any atom is 0.304 e. The lowest BCUT2D eigenvalue weighted by atomic mass is 10.1. The Morgan fingerprint density at radius 3 is 2.28 bits per heavy atom. The van der Waals surface area contributed by atoms with E-state index in [0.717, 1.165) is 19.7 Å². The van der Waals surface area contributed by atoms with E-state index in [1.165, 1.54) is 19.0 Å². The minimum absolute atomic E-state index is 0.103. The Morgan fingerprint density at radius 1 is 1.03 bits per heavy atom. The van der Waals surface area contributed by atoms with Crippen molar-refractivity contribution in [1.29, 1.82) is 0 Å². The molecule has 2 amide bonds. The first kappa shape index (κ1) is 29.1. The summed E-state index contributed by atoms with van der Waals surface area (Å²) in [5.41, 5.74) is 2.74. The van der Waals surface area contributed by atoms with Crippen LogP contribution in [0.3, 0.4) is 0 Å². The number of nitrogens with zero attached hydrogens (tertiary/aromatic N) is 3. The van der Waals surface area contributed by atoms with E-state index in [1.54, 1.807) is 45.2 Å². The fraction of sp³-hybridized carbons (Fsp3) is 0.462. The predicted molar refractivity (Wildman–Crippen MR) is 142 cm³/mol. The summed E-state index contributed by atoms with van der Waals surface area (Å²) in [5.74, 6) is -0.211. The van der Waals surface area contributed by atoms with E-state index in [2.05, 4.69) is 5.32 Å². The second-order valence-electron chi connectivity index (χ2n) is 9.30. The van der Waals surface area contributed by atoms with Gasteiger partial charge in [-0.15, -0.1) is 0 Å². The highest BCUT2D eigenvalue weighted by Crippen LogP contribution is 2.26. The molecule has 1 atom stereocenters. The van der Waals surface area contributed by atoms with Crippen molar-refractivity contribution >= 4 is 27.7 Å². The maximum atomic E-state index is 13.8. The SMILES string of the molecule is COc1cccc(CN(C(=O)CN(c2cc(C)ccc2C)S(=O)(=O)N(C)C)C(C)C(=O)NC(C)C)c1. The number of nitrogens with one attached hydrogen (secondary N) is 1. The summed E-state index contributed by atoms with van der Waals surface area (Å²) in [5, 5.41) is 2.84. The molecule has 2 aromatic carbocycles. The van der Waals surface area contributed by atoms with Crippen molar-refractivity contribution in [3.8, 4) is 5.75 Å². The Hall–Kier alpha value is -3.11. The van der Waals surface area contributed by atoms with Gasteiger partial charge in [-0.2, -0.15) is 12.7 Å². The molecule has 36 heavy (non-hydrogen) atoms. The Kier molecular flexibility index (Phi) is 9.89. The quantitative estimate of drug-likeness (QED) is 0.493. The number of carbonyl (C=O) groups excluding carboxylic acids is 2. The van der Waals surface area contributed by atoms with Crippen LogP contribution in [0.1, 0.15) is 37.5 Å². The largest absolute Gasteiger partial charge is 0.497 e. The molecule has 2 rings (SSSR count). The minimum atomic E-state index is -4.01. The third-order valence-electron chi connectivity index (χ3n) is 5.74. The number of amides is 2. The minimum Gasteiger partial charge on any atom is -0.497 e. The van der Waals surface area contributed by atoms with Crippen LogP contribution in [0.4, 0.5) is 5.69 Å². The number of rotatable bonds is 11. The van der Waals surface area contributed by atoms with Gasteiger partial charge >= 0.3 is 10.2 Å². The fourth-order valence-electron chi connectivity index (χ4n) is 3.65. The molecular weight excluding hydrogens is 480 g/mol. The van der Waals surface area contributed by atoms with Crippen LogP contribution in [0, 0.1) is 13.8 Å². The second kappa shape index (κ2) is 12.2. The monoisotopic (exact) mass is 518 g/mol. The molecule has 0 heterocycles. The van der Waals surface area contributed by atoms with Crippen LogP contribution >= 0.6 is 0 Å². The first-order valence-electron chi connectivity index (χ1n) is 11.8. The van der Waals surface area contributed by atoms with Crippen LogP contribution in [-0.4, -0.2) is 69.3 Å². The molecule has 0 saturated carbocycles. The van der Waals surface area contributed by atoms with Crippen molar-refractivity contribution in [3.05, 3.63) is 59.2 Å². The molecule has 0 spiro atoms. The maximum absolute atomic E-state index is 13.8. The van der Waals surface area contributed by atoms with E-state index in [-0.39, 0.29) is 18.5 Å². The zero-order valence-corrected chi connectivity index (χ0v) is 23.2. The van der Waals surface area contributed by atoms with Gasteiger partial charge in [-0.3, -0.25) is 9.59 Å². The van der Waals surface area contributed by atoms with Gasteiger partial charge in [-0.25, -0.2) is 4.31 Å². The molecule has 10 heteroatoms. The fourth-order valence-corrected chi connectivity index (χ4v) is 4.76. The van der Waals surface area contributed by atoms with Crippen molar-refractivity contribution in [2.75, 3.05) is 32.1 Å². The van der Waals surface area contributed by atoms with E-state index in [0.29, 0.717) is 17.0 Å². The van der Waals surface area contributed by atoms with Crippen LogP contribution in [0.2, 0.25) is 0 Å². The van der Waals surface area contributed by atoms with Crippen LogP contribution < -0.4 is 14.4 Å². The Morgan fingerprint density at radius 2 is 1.69 bits per heavy atom. The molecular formula is C26H38N4O5S. The Bertz CT molecular complexity index is 1180. The highest BCUT2D eigenvalue weighted by molar-refractivity contribution is 7.90. The van der Waals surface area contributed by atoms with E-state index in [4.69, 9.17) is 4.74 Å². The third-order valence-corrected chi connectivity index (χ3v) is 7.54. The lowest BCUT2D eigenvalue weighted by molar-refractivity contribution is -0.139. The van der Waals surface area contributed by atoms with Crippen molar-refractivity contribution < 1.29 is 22.7 Å². The molecule has 0 aliphatic carbocycles. The Balaban J connectivity index is 2.52. The molecule has 0 bridgehead atoms. The topological polar surface area (TPSA) is 99.3 Å². The van der Waals surface area contributed by atoms with E-state index in [1.807, 2.05) is 39.0 Å². The number of ether oxygens (including phenoxy) is 1. The number of hydrogen-bond acceptors (Lipinski definition) is 5. The van der Waals surface area contributed by atoms with Gasteiger partial charge in [0.1, 0.15) is 18.3 Å². The zero-order valence-electron chi connectivity index (χ0n) is 22.4. The Labute approximate surface area is 215 Å². The van der Waals surface area contributed by atoms with Crippen molar-refractivity contribution in [2.45, 2.75) is 53.2 Å². The molecule has 1 unspecified atom stereocenters. The summed E-state index contributed by atoms with van der Waals surface area (Å²) in [7, 11) is 0.383. The molecule has 9 nitrogen and oxygen atoms in total.